The molecule has 0 unspecified atom stereocenters. The maximum absolute atomic E-state index is 13.9. The summed E-state index contributed by atoms with van der Waals surface area (Å²) in [6.45, 7) is 3.96. The third kappa shape index (κ3) is 4.68. The molecule has 0 amide bonds. The Balaban J connectivity index is 1.59. The maximum atomic E-state index is 13.9. The van der Waals surface area contributed by atoms with E-state index in [1.807, 2.05) is 6.07 Å². The van der Waals surface area contributed by atoms with Gasteiger partial charge in [0.1, 0.15) is 6.07 Å². The summed E-state index contributed by atoms with van der Waals surface area (Å²) in [5.74, 6) is -0.104. The van der Waals surface area contributed by atoms with Crippen LogP contribution in [0.25, 0.3) is 0 Å². The van der Waals surface area contributed by atoms with E-state index in [1.165, 1.54) is 20.1 Å². The first-order valence-electron chi connectivity index (χ1n) is 9.36. The zero-order chi connectivity index (χ0) is 20.1. The summed E-state index contributed by atoms with van der Waals surface area (Å²) in [5.41, 5.74) is 2.78. The second-order valence-electron chi connectivity index (χ2n) is 7.09. The van der Waals surface area contributed by atoms with Crippen LogP contribution >= 0.6 is 0 Å². The van der Waals surface area contributed by atoms with E-state index in [9.17, 15) is 14.4 Å². The molecule has 0 bridgehead atoms. The van der Waals surface area contributed by atoms with Crippen molar-refractivity contribution < 1.29 is 13.9 Å². The largest absolute Gasteiger partial charge is 0.494 e. The lowest BCUT2D eigenvalue weighted by atomic mass is 10.0. The molecule has 6 heteroatoms. The number of hydrogen-bond acceptors (Lipinski definition) is 5. The molecule has 0 radical (unpaired) electrons. The highest BCUT2D eigenvalue weighted by Crippen LogP contribution is 2.24. The molecule has 5 nitrogen and oxygen atoms in total. The topological polar surface area (TPSA) is 65.4 Å². The Morgan fingerprint density at radius 1 is 1.29 bits per heavy atom. The van der Waals surface area contributed by atoms with Crippen LogP contribution in [0.1, 0.15) is 41.3 Å². The van der Waals surface area contributed by atoms with E-state index in [0.717, 1.165) is 31.5 Å². The van der Waals surface area contributed by atoms with Crippen molar-refractivity contribution in [3.05, 3.63) is 58.9 Å². The van der Waals surface area contributed by atoms with Gasteiger partial charge >= 0.3 is 0 Å². The molecule has 2 aromatic carbocycles. The van der Waals surface area contributed by atoms with Crippen LogP contribution < -0.4 is 10.1 Å². The number of ketones is 1. The Bertz CT molecular complexity index is 899. The fourth-order valence-corrected chi connectivity index (χ4v) is 3.50. The van der Waals surface area contributed by atoms with Crippen LogP contribution in [0.15, 0.2) is 36.4 Å². The fraction of sp³-hybridized carbons (Fsp3) is 0.364. The average Bonchev–Trinajstić information content (AvgIpc) is 2.69. The number of anilines is 1. The Morgan fingerprint density at radius 2 is 2.04 bits per heavy atom. The van der Waals surface area contributed by atoms with Gasteiger partial charge in [0.15, 0.2) is 17.3 Å². The summed E-state index contributed by atoms with van der Waals surface area (Å²) in [6, 6.07) is 12.6. The van der Waals surface area contributed by atoms with Gasteiger partial charge in [-0.15, -0.1) is 0 Å². The van der Waals surface area contributed by atoms with E-state index >= 15 is 0 Å². The predicted octanol–water partition coefficient (Wildman–Crippen LogP) is 3.99. The zero-order valence-corrected chi connectivity index (χ0v) is 16.2. The van der Waals surface area contributed by atoms with Gasteiger partial charge in [-0.25, -0.2) is 4.39 Å². The number of nitrogens with one attached hydrogen (secondary N) is 1. The number of halogens is 1. The first-order valence-corrected chi connectivity index (χ1v) is 9.36. The number of carbonyl (C=O) groups is 1. The number of benzene rings is 2. The highest BCUT2D eigenvalue weighted by atomic mass is 19.1. The summed E-state index contributed by atoms with van der Waals surface area (Å²) in [5, 5.41) is 12.7. The number of hydrogen-bond donors (Lipinski definition) is 1. The molecule has 146 valence electrons. The number of piperidine rings is 1. The molecule has 2 aromatic rings. The van der Waals surface area contributed by atoms with Crippen LogP contribution in [0.3, 0.4) is 0 Å². The minimum atomic E-state index is -0.342. The summed E-state index contributed by atoms with van der Waals surface area (Å²) >= 11 is 0. The average molecular weight is 381 g/mol. The van der Waals surface area contributed by atoms with Gasteiger partial charge < -0.3 is 10.1 Å². The van der Waals surface area contributed by atoms with Crippen LogP contribution in [-0.4, -0.2) is 36.9 Å². The number of nitriles is 1. The Hall–Kier alpha value is -2.91. The van der Waals surface area contributed by atoms with E-state index in [2.05, 4.69) is 16.3 Å². The Morgan fingerprint density at radius 3 is 2.64 bits per heavy atom. The molecule has 0 spiro atoms. The lowest BCUT2D eigenvalue weighted by molar-refractivity contribution is 0.101. The normalized spacial score (nSPS) is 15.1. The lowest BCUT2D eigenvalue weighted by Crippen LogP contribution is -2.38. The molecule has 0 atom stereocenters. The van der Waals surface area contributed by atoms with Crippen LogP contribution in [0.2, 0.25) is 0 Å². The van der Waals surface area contributed by atoms with Crippen molar-refractivity contribution in [1.82, 2.24) is 4.90 Å². The monoisotopic (exact) mass is 381 g/mol. The van der Waals surface area contributed by atoms with Gasteiger partial charge in [0.2, 0.25) is 0 Å². The summed E-state index contributed by atoms with van der Waals surface area (Å²) in [7, 11) is 1.46. The molecule has 1 aliphatic heterocycles. The number of carbonyl (C=O) groups excluding carboxylic acids is 1. The number of nitrogens with zero attached hydrogens (tertiary/aromatic N) is 2. The third-order valence-electron chi connectivity index (χ3n) is 5.12. The first kappa shape index (κ1) is 19.8. The standard InChI is InChI=1S/C22H24FN3O2/c1-15(27)17-4-5-18(13-24)21(12-17)25-19-7-9-26(10-8-19)14-16-3-6-22(28-2)20(23)11-16/h3-6,11-12,19,25H,7-10,14H2,1-2H3. The number of Topliss-reactive ketones (excluding diaryl/α,β-unsaturated/α-hetero) is 1. The molecule has 28 heavy (non-hydrogen) atoms. The highest BCUT2D eigenvalue weighted by molar-refractivity contribution is 5.95. The number of methoxy groups -OCH3 is 1. The van der Waals surface area contributed by atoms with Gasteiger partial charge in [0.05, 0.1) is 18.4 Å². The molecule has 0 aromatic heterocycles. The number of ether oxygens (including phenoxy) is 1. The molecule has 1 N–H and O–H groups in total. The van der Waals surface area contributed by atoms with Gasteiger partial charge in [-0.2, -0.15) is 5.26 Å². The molecule has 1 fully saturated rings. The molecule has 1 saturated heterocycles. The van der Waals surface area contributed by atoms with Crippen molar-refractivity contribution in [1.29, 1.82) is 5.26 Å². The van der Waals surface area contributed by atoms with Gasteiger partial charge in [0, 0.05) is 31.2 Å². The minimum absolute atomic E-state index is 0.0194. The van der Waals surface area contributed by atoms with Gasteiger partial charge in [0.25, 0.3) is 0 Å². The van der Waals surface area contributed by atoms with Crippen molar-refractivity contribution in [3.8, 4) is 11.8 Å². The molecule has 1 aliphatic rings. The minimum Gasteiger partial charge on any atom is -0.494 e. The third-order valence-corrected chi connectivity index (χ3v) is 5.12. The fourth-order valence-electron chi connectivity index (χ4n) is 3.50. The van der Waals surface area contributed by atoms with Crippen LogP contribution in [0.5, 0.6) is 5.75 Å². The van der Waals surface area contributed by atoms with Crippen molar-refractivity contribution in [2.45, 2.75) is 32.4 Å². The maximum Gasteiger partial charge on any atom is 0.165 e. The number of rotatable bonds is 6. The molecular weight excluding hydrogens is 357 g/mol. The van der Waals surface area contributed by atoms with Crippen LogP contribution in [0, 0.1) is 17.1 Å². The Labute approximate surface area is 164 Å². The van der Waals surface area contributed by atoms with Crippen molar-refractivity contribution >= 4 is 11.5 Å². The lowest BCUT2D eigenvalue weighted by Gasteiger charge is -2.33. The quantitative estimate of drug-likeness (QED) is 0.767. The second kappa shape index (κ2) is 8.85. The van der Waals surface area contributed by atoms with E-state index in [1.54, 1.807) is 24.3 Å². The molecule has 1 heterocycles. The molecule has 3 rings (SSSR count). The van der Waals surface area contributed by atoms with Crippen molar-refractivity contribution in [2.75, 3.05) is 25.5 Å². The van der Waals surface area contributed by atoms with E-state index in [0.29, 0.717) is 23.4 Å². The summed E-state index contributed by atoms with van der Waals surface area (Å²) in [6.07, 6.45) is 1.82. The van der Waals surface area contributed by atoms with Gasteiger partial charge in [-0.3, -0.25) is 9.69 Å². The smallest absolute Gasteiger partial charge is 0.165 e. The van der Waals surface area contributed by atoms with Crippen molar-refractivity contribution in [3.63, 3.8) is 0 Å². The SMILES string of the molecule is COc1ccc(CN2CCC(Nc3cc(C(C)=O)ccc3C#N)CC2)cc1F. The second-order valence-corrected chi connectivity index (χ2v) is 7.09. The van der Waals surface area contributed by atoms with Crippen LogP contribution in [0.4, 0.5) is 10.1 Å². The molecule has 0 saturated carbocycles. The zero-order valence-electron chi connectivity index (χ0n) is 16.2. The first-order chi connectivity index (χ1) is 13.5. The van der Waals surface area contributed by atoms with Gasteiger partial charge in [-0.1, -0.05) is 6.07 Å². The molecule has 0 aliphatic carbocycles. The van der Waals surface area contributed by atoms with Crippen LogP contribution in [-0.2, 0) is 6.54 Å². The summed E-state index contributed by atoms with van der Waals surface area (Å²) in [4.78, 5) is 13.9. The molecular formula is C22H24FN3O2. The highest BCUT2D eigenvalue weighted by Gasteiger charge is 2.20. The van der Waals surface area contributed by atoms with Gasteiger partial charge in [-0.05, 0) is 55.7 Å². The van der Waals surface area contributed by atoms with E-state index in [4.69, 9.17) is 4.74 Å². The number of likely N-dealkylation sites (tertiary alicyclic amines) is 1. The predicted molar refractivity (Wildman–Crippen MR) is 106 cm³/mol. The van der Waals surface area contributed by atoms with Crippen molar-refractivity contribution in [2.24, 2.45) is 0 Å². The van der Waals surface area contributed by atoms with E-state index in [-0.39, 0.29) is 23.4 Å². The van der Waals surface area contributed by atoms with E-state index < -0.39 is 0 Å². The summed E-state index contributed by atoms with van der Waals surface area (Å²) < 4.78 is 18.8. The Kier molecular flexibility index (Phi) is 6.27.